The van der Waals surface area contributed by atoms with Crippen LogP contribution in [-0.4, -0.2) is 21.3 Å². The third kappa shape index (κ3) is 2.07. The zero-order chi connectivity index (χ0) is 10.8. The van der Waals surface area contributed by atoms with E-state index < -0.39 is 9.84 Å². The van der Waals surface area contributed by atoms with Crippen molar-refractivity contribution in [1.82, 2.24) is 0 Å². The fourth-order valence-corrected chi connectivity index (χ4v) is 2.36. The number of hydrogen-bond donors (Lipinski definition) is 0. The summed E-state index contributed by atoms with van der Waals surface area (Å²) in [5.41, 5.74) is 0.757. The van der Waals surface area contributed by atoms with Crippen LogP contribution in [0.4, 0.5) is 0 Å². The molecule has 4 heteroatoms. The Kier molecular flexibility index (Phi) is 3.16. The first-order valence-corrected chi connectivity index (χ1v) is 6.04. The molecule has 0 fully saturated rings. The number of methoxy groups -OCH3 is 1. The Morgan fingerprint density at radius 2 is 2.00 bits per heavy atom. The van der Waals surface area contributed by atoms with Gasteiger partial charge in [-0.15, -0.1) is 0 Å². The minimum absolute atomic E-state index is 0.112. The molecule has 0 amide bonds. The van der Waals surface area contributed by atoms with Crippen LogP contribution in [0.1, 0.15) is 12.5 Å². The van der Waals surface area contributed by atoms with Gasteiger partial charge in [-0.1, -0.05) is 13.0 Å². The van der Waals surface area contributed by atoms with Gasteiger partial charge in [-0.3, -0.25) is 0 Å². The van der Waals surface area contributed by atoms with E-state index in [-0.39, 0.29) is 5.75 Å². The zero-order valence-corrected chi connectivity index (χ0v) is 9.39. The van der Waals surface area contributed by atoms with Crippen LogP contribution in [-0.2, 0) is 9.84 Å². The van der Waals surface area contributed by atoms with Gasteiger partial charge in [-0.05, 0) is 24.6 Å². The van der Waals surface area contributed by atoms with E-state index in [9.17, 15) is 8.42 Å². The number of ether oxygens (including phenoxy) is 1. The topological polar surface area (TPSA) is 43.4 Å². The van der Waals surface area contributed by atoms with Crippen LogP contribution in [0.5, 0.6) is 5.75 Å². The Balaban J connectivity index is 3.33. The minimum Gasteiger partial charge on any atom is -0.497 e. The third-order valence-electron chi connectivity index (χ3n) is 2.11. The fourth-order valence-electron chi connectivity index (χ4n) is 1.20. The van der Waals surface area contributed by atoms with Crippen molar-refractivity contribution in [2.75, 3.05) is 12.9 Å². The van der Waals surface area contributed by atoms with Crippen LogP contribution in [0, 0.1) is 6.92 Å². The van der Waals surface area contributed by atoms with Gasteiger partial charge in [-0.2, -0.15) is 0 Å². The molecule has 1 aromatic carbocycles. The lowest BCUT2D eigenvalue weighted by atomic mass is 10.2. The highest BCUT2D eigenvalue weighted by atomic mass is 32.2. The zero-order valence-electron chi connectivity index (χ0n) is 8.57. The predicted octanol–water partition coefficient (Wildman–Crippen LogP) is 1.80. The molecule has 0 aliphatic carbocycles. The minimum atomic E-state index is -3.14. The molecule has 0 aromatic heterocycles. The second-order valence-corrected chi connectivity index (χ2v) is 5.28. The van der Waals surface area contributed by atoms with Crippen LogP contribution in [0.3, 0.4) is 0 Å². The average molecular weight is 214 g/mol. The lowest BCUT2D eigenvalue weighted by molar-refractivity contribution is 0.413. The van der Waals surface area contributed by atoms with Crippen LogP contribution < -0.4 is 4.74 Å². The molecule has 0 unspecified atom stereocenters. The van der Waals surface area contributed by atoms with Gasteiger partial charge in [0, 0.05) is 0 Å². The number of rotatable bonds is 3. The Bertz CT molecular complexity index is 421. The molecule has 0 N–H and O–H groups in total. The summed E-state index contributed by atoms with van der Waals surface area (Å²) >= 11 is 0. The van der Waals surface area contributed by atoms with Crippen LogP contribution in [0.2, 0.25) is 0 Å². The second-order valence-electron chi connectivity index (χ2n) is 3.03. The molecule has 0 heterocycles. The van der Waals surface area contributed by atoms with Gasteiger partial charge >= 0.3 is 0 Å². The molecule has 0 saturated carbocycles. The lowest BCUT2D eigenvalue weighted by Crippen LogP contribution is -2.05. The smallest absolute Gasteiger partial charge is 0.178 e. The first kappa shape index (κ1) is 11.0. The van der Waals surface area contributed by atoms with Crippen molar-refractivity contribution < 1.29 is 13.2 Å². The van der Waals surface area contributed by atoms with Crippen molar-refractivity contribution in [3.63, 3.8) is 0 Å². The summed E-state index contributed by atoms with van der Waals surface area (Å²) in [6, 6.07) is 5.07. The summed E-state index contributed by atoms with van der Waals surface area (Å²) in [5, 5.41) is 0. The molecule has 0 aliphatic rings. The highest BCUT2D eigenvalue weighted by Crippen LogP contribution is 2.22. The van der Waals surface area contributed by atoms with Gasteiger partial charge in [0.05, 0.1) is 17.8 Å². The lowest BCUT2D eigenvalue weighted by Gasteiger charge is -2.07. The fraction of sp³-hybridized carbons (Fsp3) is 0.400. The van der Waals surface area contributed by atoms with Gasteiger partial charge in [0.15, 0.2) is 9.84 Å². The number of benzene rings is 1. The summed E-state index contributed by atoms with van der Waals surface area (Å²) in [6.07, 6.45) is 0. The van der Waals surface area contributed by atoms with Gasteiger partial charge in [0.1, 0.15) is 5.75 Å². The molecular weight excluding hydrogens is 200 g/mol. The van der Waals surface area contributed by atoms with Gasteiger partial charge in [-0.25, -0.2) is 8.42 Å². The molecule has 0 bridgehead atoms. The summed E-state index contributed by atoms with van der Waals surface area (Å²) < 4.78 is 28.3. The van der Waals surface area contributed by atoms with Crippen LogP contribution in [0.15, 0.2) is 23.1 Å². The molecule has 1 aromatic rings. The Labute approximate surface area is 84.6 Å². The number of sulfone groups is 1. The Morgan fingerprint density at radius 1 is 1.36 bits per heavy atom. The van der Waals surface area contributed by atoms with Crippen molar-refractivity contribution in [1.29, 1.82) is 0 Å². The monoisotopic (exact) mass is 214 g/mol. The Morgan fingerprint density at radius 3 is 2.50 bits per heavy atom. The van der Waals surface area contributed by atoms with E-state index in [1.807, 2.05) is 0 Å². The molecule has 0 radical (unpaired) electrons. The van der Waals surface area contributed by atoms with E-state index in [0.29, 0.717) is 10.6 Å². The van der Waals surface area contributed by atoms with Crippen molar-refractivity contribution in [2.45, 2.75) is 18.7 Å². The molecule has 3 nitrogen and oxygen atoms in total. The normalized spacial score (nSPS) is 11.4. The molecule has 0 spiro atoms. The maximum Gasteiger partial charge on any atom is 0.178 e. The molecule has 0 atom stereocenters. The van der Waals surface area contributed by atoms with E-state index in [1.165, 1.54) is 7.11 Å². The van der Waals surface area contributed by atoms with E-state index in [2.05, 4.69) is 0 Å². The highest BCUT2D eigenvalue weighted by molar-refractivity contribution is 7.91. The van der Waals surface area contributed by atoms with Gasteiger partial charge in [0.25, 0.3) is 0 Å². The molecule has 78 valence electrons. The molecule has 14 heavy (non-hydrogen) atoms. The third-order valence-corrected chi connectivity index (χ3v) is 3.98. The summed E-state index contributed by atoms with van der Waals surface area (Å²) in [7, 11) is -1.62. The Hall–Kier alpha value is -1.03. The molecule has 1 rings (SSSR count). The molecule has 0 aliphatic heterocycles. The largest absolute Gasteiger partial charge is 0.497 e. The van der Waals surface area contributed by atoms with Crippen molar-refractivity contribution >= 4 is 9.84 Å². The number of aryl methyl sites for hydroxylation is 1. The molecular formula is C10H14O3S. The van der Waals surface area contributed by atoms with Crippen molar-refractivity contribution in [3.8, 4) is 5.75 Å². The number of hydrogen-bond acceptors (Lipinski definition) is 3. The predicted molar refractivity (Wildman–Crippen MR) is 55.5 cm³/mol. The summed E-state index contributed by atoms with van der Waals surface area (Å²) in [4.78, 5) is 0.361. The second kappa shape index (κ2) is 4.00. The average Bonchev–Trinajstić information content (AvgIpc) is 2.18. The van der Waals surface area contributed by atoms with Crippen molar-refractivity contribution in [3.05, 3.63) is 23.8 Å². The molecule has 0 saturated heterocycles. The standard InChI is InChI=1S/C10H14O3S/c1-4-14(11,12)10-7-9(13-3)6-5-8(10)2/h5-7H,4H2,1-3H3. The quantitative estimate of drug-likeness (QED) is 0.770. The maximum absolute atomic E-state index is 11.6. The maximum atomic E-state index is 11.6. The van der Waals surface area contributed by atoms with Crippen LogP contribution in [0.25, 0.3) is 0 Å². The highest BCUT2D eigenvalue weighted by Gasteiger charge is 2.14. The summed E-state index contributed by atoms with van der Waals surface area (Å²) in [5.74, 6) is 0.684. The van der Waals surface area contributed by atoms with E-state index in [4.69, 9.17) is 4.74 Å². The van der Waals surface area contributed by atoms with E-state index in [1.54, 1.807) is 32.0 Å². The van der Waals surface area contributed by atoms with Crippen molar-refractivity contribution in [2.24, 2.45) is 0 Å². The van der Waals surface area contributed by atoms with E-state index in [0.717, 1.165) is 5.56 Å². The van der Waals surface area contributed by atoms with Gasteiger partial charge in [0.2, 0.25) is 0 Å². The SMILES string of the molecule is CCS(=O)(=O)c1cc(OC)ccc1C. The van der Waals surface area contributed by atoms with Gasteiger partial charge < -0.3 is 4.74 Å². The van der Waals surface area contributed by atoms with E-state index >= 15 is 0 Å². The first-order valence-electron chi connectivity index (χ1n) is 4.38. The first-order chi connectivity index (χ1) is 6.51. The summed E-state index contributed by atoms with van der Waals surface area (Å²) in [6.45, 7) is 3.41. The van der Waals surface area contributed by atoms with Crippen LogP contribution >= 0.6 is 0 Å².